The van der Waals surface area contributed by atoms with Crippen molar-refractivity contribution in [3.8, 4) is 0 Å². The molecule has 19 heavy (non-hydrogen) atoms. The highest BCUT2D eigenvalue weighted by molar-refractivity contribution is 5.73. The molecule has 0 spiro atoms. The van der Waals surface area contributed by atoms with Crippen LogP contribution in [0.15, 0.2) is 0 Å². The van der Waals surface area contributed by atoms with Crippen LogP contribution < -0.4 is 10.6 Å². The molecule has 0 saturated carbocycles. The van der Waals surface area contributed by atoms with Gasteiger partial charge in [0.1, 0.15) is 0 Å². The van der Waals surface area contributed by atoms with E-state index in [1.54, 1.807) is 0 Å². The molecule has 2 N–H and O–H groups in total. The van der Waals surface area contributed by atoms with Crippen LogP contribution in [0.5, 0.6) is 0 Å². The zero-order chi connectivity index (χ0) is 13.8. The number of nitrogens with zero attached hydrogens (tertiary/aromatic N) is 2. The molecule has 0 radical (unpaired) electrons. The van der Waals surface area contributed by atoms with E-state index in [1.165, 1.54) is 0 Å². The Morgan fingerprint density at radius 3 is 2.84 bits per heavy atom. The van der Waals surface area contributed by atoms with E-state index in [4.69, 9.17) is 4.74 Å². The quantitative estimate of drug-likeness (QED) is 0.855. The highest BCUT2D eigenvalue weighted by Crippen LogP contribution is 2.11. The Hall–Kier alpha value is -1.56. The maximum absolute atomic E-state index is 11.7. The van der Waals surface area contributed by atoms with Gasteiger partial charge in [0.2, 0.25) is 0 Å². The van der Waals surface area contributed by atoms with Crippen molar-refractivity contribution in [2.75, 3.05) is 13.2 Å². The molecule has 1 aromatic heterocycles. The molecular formula is C13H22N4O2. The number of carbonyl (C=O) groups is 1. The van der Waals surface area contributed by atoms with Crippen LogP contribution in [0, 0.1) is 13.8 Å². The molecule has 6 nitrogen and oxygen atoms in total. The number of nitrogens with one attached hydrogen (secondary N) is 2. The maximum atomic E-state index is 11.7. The molecule has 106 valence electrons. The van der Waals surface area contributed by atoms with Crippen LogP contribution >= 0.6 is 0 Å². The third kappa shape index (κ3) is 3.47. The Balaban J connectivity index is 1.76. The van der Waals surface area contributed by atoms with Gasteiger partial charge in [0.25, 0.3) is 0 Å². The number of ether oxygens (including phenoxy) is 1. The third-order valence-electron chi connectivity index (χ3n) is 3.60. The zero-order valence-corrected chi connectivity index (χ0v) is 11.8. The van der Waals surface area contributed by atoms with Crippen molar-refractivity contribution >= 4 is 6.03 Å². The first-order valence-electron chi connectivity index (χ1n) is 6.70. The molecule has 2 rings (SSSR count). The Labute approximate surface area is 113 Å². The Morgan fingerprint density at radius 1 is 1.47 bits per heavy atom. The van der Waals surface area contributed by atoms with Crippen molar-refractivity contribution < 1.29 is 9.53 Å². The van der Waals surface area contributed by atoms with Gasteiger partial charge >= 0.3 is 6.03 Å². The molecule has 2 heterocycles. The number of hydrogen-bond acceptors (Lipinski definition) is 3. The van der Waals surface area contributed by atoms with E-state index in [2.05, 4.69) is 15.7 Å². The fraction of sp³-hybridized carbons (Fsp3) is 0.692. The lowest BCUT2D eigenvalue weighted by molar-refractivity contribution is 0.111. The molecule has 0 unspecified atom stereocenters. The van der Waals surface area contributed by atoms with Crippen LogP contribution in [-0.2, 0) is 18.3 Å². The maximum Gasteiger partial charge on any atom is 0.315 e. The van der Waals surface area contributed by atoms with E-state index >= 15 is 0 Å². The average Bonchev–Trinajstić information content (AvgIpc) is 2.96. The van der Waals surface area contributed by atoms with Crippen LogP contribution in [0.4, 0.5) is 4.79 Å². The summed E-state index contributed by atoms with van der Waals surface area (Å²) in [7, 11) is 1.91. The highest BCUT2D eigenvalue weighted by atomic mass is 16.5. The van der Waals surface area contributed by atoms with Gasteiger partial charge in [-0.1, -0.05) is 0 Å². The number of hydrogen-bond donors (Lipinski definition) is 2. The fourth-order valence-electron chi connectivity index (χ4n) is 2.32. The van der Waals surface area contributed by atoms with Gasteiger partial charge in [-0.25, -0.2) is 4.79 Å². The number of rotatable bonds is 4. The molecule has 1 aliphatic rings. The molecule has 1 fully saturated rings. The van der Waals surface area contributed by atoms with Crippen molar-refractivity contribution in [1.82, 2.24) is 20.4 Å². The summed E-state index contributed by atoms with van der Waals surface area (Å²) in [4.78, 5) is 11.7. The minimum absolute atomic E-state index is 0.154. The summed E-state index contributed by atoms with van der Waals surface area (Å²) in [6.07, 6.45) is 2.29. The molecule has 2 amide bonds. The molecule has 0 aromatic carbocycles. The van der Waals surface area contributed by atoms with E-state index in [-0.39, 0.29) is 12.1 Å². The molecule has 1 atom stereocenters. The fourth-order valence-corrected chi connectivity index (χ4v) is 2.32. The number of urea groups is 1. The molecular weight excluding hydrogens is 244 g/mol. The molecule has 1 aliphatic heterocycles. The summed E-state index contributed by atoms with van der Waals surface area (Å²) in [5.74, 6) is 0. The summed E-state index contributed by atoms with van der Waals surface area (Å²) >= 11 is 0. The monoisotopic (exact) mass is 266 g/mol. The first-order valence-corrected chi connectivity index (χ1v) is 6.70. The zero-order valence-electron chi connectivity index (χ0n) is 11.8. The number of aryl methyl sites for hydroxylation is 2. The van der Waals surface area contributed by atoms with Gasteiger partial charge in [0.15, 0.2) is 0 Å². The second-order valence-corrected chi connectivity index (χ2v) is 4.97. The van der Waals surface area contributed by atoms with Gasteiger partial charge in [-0.2, -0.15) is 5.10 Å². The summed E-state index contributed by atoms with van der Waals surface area (Å²) in [5, 5.41) is 10.0. The van der Waals surface area contributed by atoms with Crippen LogP contribution in [0.3, 0.4) is 0 Å². The molecule has 1 aromatic rings. The lowest BCUT2D eigenvalue weighted by Gasteiger charge is -2.11. The minimum atomic E-state index is -0.154. The summed E-state index contributed by atoms with van der Waals surface area (Å²) in [6, 6.07) is -0.154. The highest BCUT2D eigenvalue weighted by Gasteiger charge is 2.16. The Bertz CT molecular complexity index is 450. The van der Waals surface area contributed by atoms with Crippen molar-refractivity contribution in [2.24, 2.45) is 7.05 Å². The lowest BCUT2D eigenvalue weighted by atomic mass is 10.2. The molecule has 0 bridgehead atoms. The van der Waals surface area contributed by atoms with Crippen molar-refractivity contribution in [3.05, 3.63) is 17.0 Å². The number of amides is 2. The number of aromatic nitrogens is 2. The second kappa shape index (κ2) is 6.06. The van der Waals surface area contributed by atoms with Gasteiger partial charge in [-0.15, -0.1) is 0 Å². The van der Waals surface area contributed by atoms with E-state index in [0.717, 1.165) is 36.4 Å². The number of carbonyl (C=O) groups excluding carboxylic acids is 1. The minimum Gasteiger partial charge on any atom is -0.376 e. The third-order valence-corrected chi connectivity index (χ3v) is 3.60. The summed E-state index contributed by atoms with van der Waals surface area (Å²) in [5.41, 5.74) is 3.12. The normalized spacial score (nSPS) is 18.6. The predicted octanol–water partition coefficient (Wildman–Crippen LogP) is 1.02. The molecule has 1 saturated heterocycles. The predicted molar refractivity (Wildman–Crippen MR) is 71.9 cm³/mol. The topological polar surface area (TPSA) is 68.2 Å². The second-order valence-electron chi connectivity index (χ2n) is 4.97. The van der Waals surface area contributed by atoms with Gasteiger partial charge in [-0.3, -0.25) is 4.68 Å². The smallest absolute Gasteiger partial charge is 0.315 e. The summed E-state index contributed by atoms with van der Waals surface area (Å²) < 4.78 is 7.28. The van der Waals surface area contributed by atoms with Gasteiger partial charge < -0.3 is 15.4 Å². The Morgan fingerprint density at radius 2 is 2.26 bits per heavy atom. The van der Waals surface area contributed by atoms with Gasteiger partial charge in [0, 0.05) is 38.0 Å². The first-order chi connectivity index (χ1) is 9.08. The average molecular weight is 266 g/mol. The van der Waals surface area contributed by atoms with Crippen LogP contribution in [0.25, 0.3) is 0 Å². The Kier molecular flexibility index (Phi) is 4.42. The van der Waals surface area contributed by atoms with E-state index in [9.17, 15) is 4.79 Å². The van der Waals surface area contributed by atoms with Gasteiger partial charge in [-0.05, 0) is 26.7 Å². The largest absolute Gasteiger partial charge is 0.376 e. The lowest BCUT2D eigenvalue weighted by Crippen LogP contribution is -2.39. The van der Waals surface area contributed by atoms with Crippen molar-refractivity contribution in [1.29, 1.82) is 0 Å². The SMILES string of the molecule is Cc1nn(C)c(C)c1CNC(=O)NC[C@H]1CCCO1. The molecule has 0 aliphatic carbocycles. The standard InChI is InChI=1S/C13H22N4O2/c1-9-12(10(2)17(3)16-9)8-15-13(18)14-7-11-5-4-6-19-11/h11H,4-8H2,1-3H3,(H2,14,15,18)/t11-/m1/s1. The van der Waals surface area contributed by atoms with Gasteiger partial charge in [0.05, 0.1) is 11.8 Å². The van der Waals surface area contributed by atoms with E-state index < -0.39 is 0 Å². The molecule has 6 heteroatoms. The first kappa shape index (κ1) is 13.9. The van der Waals surface area contributed by atoms with E-state index in [1.807, 2.05) is 25.6 Å². The van der Waals surface area contributed by atoms with Crippen molar-refractivity contribution in [2.45, 2.75) is 39.3 Å². The van der Waals surface area contributed by atoms with E-state index in [0.29, 0.717) is 13.1 Å². The van der Waals surface area contributed by atoms with Crippen molar-refractivity contribution in [3.63, 3.8) is 0 Å². The van der Waals surface area contributed by atoms with Crippen LogP contribution in [0.1, 0.15) is 29.8 Å². The van der Waals surface area contributed by atoms with Crippen LogP contribution in [-0.4, -0.2) is 35.1 Å². The summed E-state index contributed by atoms with van der Waals surface area (Å²) in [6.45, 7) is 5.84. The van der Waals surface area contributed by atoms with Crippen LogP contribution in [0.2, 0.25) is 0 Å².